The largest absolute Gasteiger partial charge is 0.405 e. The molecule has 2 rings (SSSR count). The van der Waals surface area contributed by atoms with Gasteiger partial charge in [0.2, 0.25) is 5.88 Å². The standard InChI is InChI=1S/C7H8N4O/c1-5-2-3-10-11(5)6-4-9-7(8)12-6/h2-4H,1H3,(H2,8,9). The summed E-state index contributed by atoms with van der Waals surface area (Å²) in [7, 11) is 0. The van der Waals surface area contributed by atoms with Crippen LogP contribution in [0.1, 0.15) is 5.69 Å². The molecule has 62 valence electrons. The molecule has 2 aromatic rings. The summed E-state index contributed by atoms with van der Waals surface area (Å²) in [6, 6.07) is 2.03. The van der Waals surface area contributed by atoms with Gasteiger partial charge in [-0.15, -0.1) is 0 Å². The molecule has 0 unspecified atom stereocenters. The zero-order valence-corrected chi connectivity index (χ0v) is 6.56. The van der Waals surface area contributed by atoms with Crippen LogP contribution in [0.25, 0.3) is 5.88 Å². The number of hydrogen-bond acceptors (Lipinski definition) is 4. The highest BCUT2D eigenvalue weighted by Gasteiger charge is 2.04. The highest BCUT2D eigenvalue weighted by molar-refractivity contribution is 5.23. The Balaban J connectivity index is 2.50. The van der Waals surface area contributed by atoms with E-state index in [1.54, 1.807) is 10.9 Å². The molecule has 5 heteroatoms. The molecule has 0 aliphatic carbocycles. The van der Waals surface area contributed by atoms with Crippen molar-refractivity contribution in [3.8, 4) is 5.88 Å². The quantitative estimate of drug-likeness (QED) is 0.675. The maximum Gasteiger partial charge on any atom is 0.293 e. The molecule has 0 fully saturated rings. The van der Waals surface area contributed by atoms with E-state index in [0.29, 0.717) is 5.88 Å². The smallest absolute Gasteiger partial charge is 0.293 e. The fourth-order valence-electron chi connectivity index (χ4n) is 0.977. The van der Waals surface area contributed by atoms with Crippen LogP contribution in [0.4, 0.5) is 6.01 Å². The molecule has 0 saturated carbocycles. The second kappa shape index (κ2) is 2.37. The Bertz CT molecular complexity index is 390. The van der Waals surface area contributed by atoms with Crippen LogP contribution in [0.15, 0.2) is 22.9 Å². The first-order valence-corrected chi connectivity index (χ1v) is 3.49. The van der Waals surface area contributed by atoms with E-state index in [9.17, 15) is 0 Å². The average Bonchev–Trinajstić information content (AvgIpc) is 2.58. The summed E-state index contributed by atoms with van der Waals surface area (Å²) in [4.78, 5) is 3.76. The first kappa shape index (κ1) is 6.90. The third-order valence-electron chi connectivity index (χ3n) is 1.55. The van der Waals surface area contributed by atoms with Crippen molar-refractivity contribution >= 4 is 6.01 Å². The lowest BCUT2D eigenvalue weighted by atomic mass is 10.5. The average molecular weight is 164 g/mol. The van der Waals surface area contributed by atoms with E-state index in [0.717, 1.165) is 5.69 Å². The van der Waals surface area contributed by atoms with Gasteiger partial charge in [-0.1, -0.05) is 0 Å². The van der Waals surface area contributed by atoms with Crippen molar-refractivity contribution in [3.05, 3.63) is 24.2 Å². The molecule has 12 heavy (non-hydrogen) atoms. The lowest BCUT2D eigenvalue weighted by Gasteiger charge is -1.95. The zero-order valence-electron chi connectivity index (χ0n) is 6.56. The summed E-state index contributed by atoms with van der Waals surface area (Å²) in [6.07, 6.45) is 3.23. The van der Waals surface area contributed by atoms with E-state index in [1.807, 2.05) is 13.0 Å². The van der Waals surface area contributed by atoms with Crippen LogP contribution in [-0.4, -0.2) is 14.8 Å². The van der Waals surface area contributed by atoms with E-state index in [4.69, 9.17) is 10.2 Å². The molecule has 2 N–H and O–H groups in total. The zero-order chi connectivity index (χ0) is 8.55. The normalized spacial score (nSPS) is 10.4. The van der Waals surface area contributed by atoms with Gasteiger partial charge in [0.15, 0.2) is 0 Å². The Morgan fingerprint density at radius 3 is 2.92 bits per heavy atom. The van der Waals surface area contributed by atoms with Crippen LogP contribution < -0.4 is 5.73 Å². The summed E-state index contributed by atoms with van der Waals surface area (Å²) in [5.74, 6) is 0.537. The van der Waals surface area contributed by atoms with E-state index < -0.39 is 0 Å². The second-order valence-corrected chi connectivity index (χ2v) is 2.42. The molecule has 5 nitrogen and oxygen atoms in total. The predicted octanol–water partition coefficient (Wildman–Crippen LogP) is 0.751. The van der Waals surface area contributed by atoms with Gasteiger partial charge in [0.25, 0.3) is 6.01 Å². The lowest BCUT2D eigenvalue weighted by Crippen LogP contribution is -1.95. The second-order valence-electron chi connectivity index (χ2n) is 2.42. The van der Waals surface area contributed by atoms with E-state index >= 15 is 0 Å². The van der Waals surface area contributed by atoms with Gasteiger partial charge in [-0.2, -0.15) is 10.1 Å². The SMILES string of the molecule is Cc1ccnn1-c1cnc(N)o1. The van der Waals surface area contributed by atoms with Crippen LogP contribution in [0.2, 0.25) is 0 Å². The maximum absolute atomic E-state index is 5.32. The fraction of sp³-hybridized carbons (Fsp3) is 0.143. The van der Waals surface area contributed by atoms with Crippen molar-refractivity contribution in [3.63, 3.8) is 0 Å². The molecular formula is C7H8N4O. The Morgan fingerprint density at radius 1 is 1.58 bits per heavy atom. The molecule has 0 aromatic carbocycles. The van der Waals surface area contributed by atoms with Crippen molar-refractivity contribution < 1.29 is 4.42 Å². The van der Waals surface area contributed by atoms with Gasteiger partial charge in [0.1, 0.15) is 0 Å². The number of nitrogens with two attached hydrogens (primary N) is 1. The van der Waals surface area contributed by atoms with Crippen LogP contribution in [0.5, 0.6) is 0 Å². The highest BCUT2D eigenvalue weighted by Crippen LogP contribution is 2.11. The number of aromatic nitrogens is 3. The van der Waals surface area contributed by atoms with Crippen molar-refractivity contribution in [2.24, 2.45) is 0 Å². The third-order valence-corrected chi connectivity index (χ3v) is 1.55. The summed E-state index contributed by atoms with van der Waals surface area (Å²) >= 11 is 0. The first-order valence-electron chi connectivity index (χ1n) is 3.49. The Hall–Kier alpha value is -1.78. The Kier molecular flexibility index (Phi) is 1.36. The maximum atomic E-state index is 5.32. The highest BCUT2D eigenvalue weighted by atomic mass is 16.4. The Morgan fingerprint density at radius 2 is 2.42 bits per heavy atom. The van der Waals surface area contributed by atoms with E-state index in [1.165, 1.54) is 6.20 Å². The molecule has 0 amide bonds. The van der Waals surface area contributed by atoms with Crippen molar-refractivity contribution in [1.82, 2.24) is 14.8 Å². The molecule has 0 atom stereocenters. The number of oxazole rings is 1. The minimum Gasteiger partial charge on any atom is -0.405 e. The number of aryl methyl sites for hydroxylation is 1. The molecule has 0 aliphatic heterocycles. The van der Waals surface area contributed by atoms with Crippen LogP contribution in [-0.2, 0) is 0 Å². The van der Waals surface area contributed by atoms with Crippen LogP contribution in [0.3, 0.4) is 0 Å². The predicted molar refractivity (Wildman–Crippen MR) is 42.8 cm³/mol. The number of nitrogen functional groups attached to an aromatic ring is 1. The molecule has 2 aromatic heterocycles. The lowest BCUT2D eigenvalue weighted by molar-refractivity contribution is 0.530. The summed E-state index contributed by atoms with van der Waals surface area (Å²) in [5.41, 5.74) is 6.29. The van der Waals surface area contributed by atoms with Crippen LogP contribution >= 0.6 is 0 Å². The fourth-order valence-corrected chi connectivity index (χ4v) is 0.977. The monoisotopic (exact) mass is 164 g/mol. The topological polar surface area (TPSA) is 69.9 Å². The molecule has 2 heterocycles. The molecule has 0 aliphatic rings. The minimum absolute atomic E-state index is 0.153. The molecule has 0 spiro atoms. The van der Waals surface area contributed by atoms with Gasteiger partial charge < -0.3 is 10.2 Å². The summed E-state index contributed by atoms with van der Waals surface area (Å²) in [6.45, 7) is 1.92. The number of rotatable bonds is 1. The van der Waals surface area contributed by atoms with Gasteiger partial charge in [0.05, 0.1) is 6.20 Å². The van der Waals surface area contributed by atoms with Gasteiger partial charge in [-0.25, -0.2) is 4.68 Å². The summed E-state index contributed by atoms with van der Waals surface area (Å²) < 4.78 is 6.70. The minimum atomic E-state index is 0.153. The van der Waals surface area contributed by atoms with E-state index in [2.05, 4.69) is 10.1 Å². The van der Waals surface area contributed by atoms with Crippen LogP contribution in [0, 0.1) is 6.92 Å². The van der Waals surface area contributed by atoms with Gasteiger partial charge >= 0.3 is 0 Å². The number of nitrogens with zero attached hydrogens (tertiary/aromatic N) is 3. The Labute approximate surface area is 68.8 Å². The van der Waals surface area contributed by atoms with E-state index in [-0.39, 0.29) is 6.01 Å². The molecule has 0 radical (unpaired) electrons. The van der Waals surface area contributed by atoms with Crippen molar-refractivity contribution in [1.29, 1.82) is 0 Å². The molecular weight excluding hydrogens is 156 g/mol. The van der Waals surface area contributed by atoms with Crippen molar-refractivity contribution in [2.75, 3.05) is 5.73 Å². The first-order chi connectivity index (χ1) is 5.77. The number of hydrogen-bond donors (Lipinski definition) is 1. The van der Waals surface area contributed by atoms with Gasteiger partial charge in [-0.05, 0) is 13.0 Å². The van der Waals surface area contributed by atoms with Gasteiger partial charge in [0, 0.05) is 11.9 Å². The number of anilines is 1. The molecule has 0 saturated heterocycles. The molecule has 0 bridgehead atoms. The van der Waals surface area contributed by atoms with Gasteiger partial charge in [-0.3, -0.25) is 0 Å². The third kappa shape index (κ3) is 0.952. The van der Waals surface area contributed by atoms with Crippen molar-refractivity contribution in [2.45, 2.75) is 6.92 Å². The summed E-state index contributed by atoms with van der Waals surface area (Å²) in [5, 5.41) is 4.03.